The van der Waals surface area contributed by atoms with Gasteiger partial charge in [0.2, 0.25) is 5.91 Å². The van der Waals surface area contributed by atoms with Crippen molar-refractivity contribution in [3.63, 3.8) is 0 Å². The largest absolute Gasteiger partial charge is 0.480 e. The van der Waals surface area contributed by atoms with Crippen LogP contribution in [0.4, 0.5) is 0 Å². The van der Waals surface area contributed by atoms with Crippen molar-refractivity contribution >= 4 is 17.8 Å². The van der Waals surface area contributed by atoms with E-state index < -0.39 is 37.0 Å². The van der Waals surface area contributed by atoms with Gasteiger partial charge in [0, 0.05) is 0 Å². The second-order valence-electron chi connectivity index (χ2n) is 3.00. The number of carboxylic acids is 2. The smallest absolute Gasteiger partial charge is 0.323 e. The van der Waals surface area contributed by atoms with Gasteiger partial charge >= 0.3 is 11.9 Å². The number of nitrogens with two attached hydrogens (primary N) is 1. The fraction of sp³-hybridized carbons (Fsp3) is 0.625. The second kappa shape index (κ2) is 5.97. The van der Waals surface area contributed by atoms with Crippen LogP contribution < -0.4 is 5.73 Å². The third-order valence-electron chi connectivity index (χ3n) is 1.72. The molecule has 1 amide bonds. The van der Waals surface area contributed by atoms with Gasteiger partial charge in [-0.3, -0.25) is 14.4 Å². The minimum Gasteiger partial charge on any atom is -0.480 e. The number of carbonyl (C=O) groups excluding carboxylic acids is 1. The van der Waals surface area contributed by atoms with Gasteiger partial charge in [-0.05, 0) is 6.42 Å². The Kier molecular flexibility index (Phi) is 5.32. The van der Waals surface area contributed by atoms with E-state index in [1.807, 2.05) is 0 Å². The molecule has 0 rings (SSSR count). The predicted octanol–water partition coefficient (Wildman–Crippen LogP) is -1.28. The van der Waals surface area contributed by atoms with Crippen LogP contribution in [0.3, 0.4) is 0 Å². The lowest BCUT2D eigenvalue weighted by atomic mass is 10.2. The Bertz CT molecular complexity index is 250. The number of carbonyl (C=O) groups is 3. The molecule has 7 heteroatoms. The van der Waals surface area contributed by atoms with Crippen molar-refractivity contribution < 1.29 is 24.6 Å². The maximum atomic E-state index is 11.4. The van der Waals surface area contributed by atoms with Gasteiger partial charge in [-0.2, -0.15) is 0 Å². The standard InChI is InChI=1S/C8H14N2O5/c1-2-5(9)8(15)10(3-6(11)12)4-7(13)14/h5H,2-4,9H2,1H3,(H,11,12)(H,13,14)/t5-/m1/s1. The van der Waals surface area contributed by atoms with E-state index in [0.29, 0.717) is 11.3 Å². The average Bonchev–Trinajstić information content (AvgIpc) is 2.13. The first-order chi connectivity index (χ1) is 6.88. The van der Waals surface area contributed by atoms with Gasteiger partial charge in [-0.15, -0.1) is 0 Å². The van der Waals surface area contributed by atoms with Crippen LogP contribution in [-0.4, -0.2) is 52.1 Å². The van der Waals surface area contributed by atoms with Gasteiger partial charge in [0.15, 0.2) is 0 Å². The molecule has 4 N–H and O–H groups in total. The van der Waals surface area contributed by atoms with Crippen molar-refractivity contribution in [2.24, 2.45) is 5.73 Å². The molecule has 0 aliphatic heterocycles. The number of rotatable bonds is 6. The van der Waals surface area contributed by atoms with E-state index in [1.165, 1.54) is 0 Å². The van der Waals surface area contributed by atoms with E-state index in [1.54, 1.807) is 6.92 Å². The summed E-state index contributed by atoms with van der Waals surface area (Å²) in [7, 11) is 0. The summed E-state index contributed by atoms with van der Waals surface area (Å²) in [5.41, 5.74) is 5.39. The maximum Gasteiger partial charge on any atom is 0.323 e. The topological polar surface area (TPSA) is 121 Å². The molecule has 0 fully saturated rings. The van der Waals surface area contributed by atoms with Crippen molar-refractivity contribution in [3.05, 3.63) is 0 Å². The number of carboxylic acid groups (broad SMARTS) is 2. The summed E-state index contributed by atoms with van der Waals surface area (Å²) in [4.78, 5) is 32.9. The molecule has 0 heterocycles. The molecule has 0 aromatic rings. The lowest BCUT2D eigenvalue weighted by Gasteiger charge is -2.21. The van der Waals surface area contributed by atoms with Crippen molar-refractivity contribution in [2.45, 2.75) is 19.4 Å². The van der Waals surface area contributed by atoms with Crippen LogP contribution in [0.5, 0.6) is 0 Å². The molecular weight excluding hydrogens is 204 g/mol. The Morgan fingerprint density at radius 2 is 1.60 bits per heavy atom. The van der Waals surface area contributed by atoms with Gasteiger partial charge in [0.25, 0.3) is 0 Å². The Morgan fingerprint density at radius 3 is 1.87 bits per heavy atom. The Morgan fingerprint density at radius 1 is 1.20 bits per heavy atom. The number of hydrogen-bond donors (Lipinski definition) is 3. The molecule has 15 heavy (non-hydrogen) atoms. The molecule has 0 unspecified atom stereocenters. The summed E-state index contributed by atoms with van der Waals surface area (Å²) in [5, 5.41) is 16.9. The summed E-state index contributed by atoms with van der Waals surface area (Å²) >= 11 is 0. The van der Waals surface area contributed by atoms with Crippen molar-refractivity contribution in [1.82, 2.24) is 4.90 Å². The van der Waals surface area contributed by atoms with Gasteiger partial charge in [-0.1, -0.05) is 6.92 Å². The molecule has 0 aromatic carbocycles. The average molecular weight is 218 g/mol. The van der Waals surface area contributed by atoms with Gasteiger partial charge in [-0.25, -0.2) is 0 Å². The second-order valence-corrected chi connectivity index (χ2v) is 3.00. The van der Waals surface area contributed by atoms with Gasteiger partial charge < -0.3 is 20.8 Å². The van der Waals surface area contributed by atoms with Crippen LogP contribution >= 0.6 is 0 Å². The molecule has 0 saturated heterocycles. The zero-order chi connectivity index (χ0) is 12.0. The molecule has 0 aliphatic rings. The molecule has 86 valence electrons. The summed E-state index contributed by atoms with van der Waals surface area (Å²) in [6.07, 6.45) is 0.328. The van der Waals surface area contributed by atoms with E-state index in [0.717, 1.165) is 0 Å². The zero-order valence-corrected chi connectivity index (χ0v) is 8.34. The summed E-state index contributed by atoms with van der Waals surface area (Å²) in [6.45, 7) is 0.347. The number of amides is 1. The highest BCUT2D eigenvalue weighted by atomic mass is 16.4. The molecule has 0 aromatic heterocycles. The summed E-state index contributed by atoms with van der Waals surface area (Å²) in [5.74, 6) is -3.21. The van der Waals surface area contributed by atoms with Crippen LogP contribution in [0.15, 0.2) is 0 Å². The van der Waals surface area contributed by atoms with Gasteiger partial charge in [0.1, 0.15) is 13.1 Å². The van der Waals surface area contributed by atoms with Crippen LogP contribution in [0, 0.1) is 0 Å². The predicted molar refractivity (Wildman–Crippen MR) is 50.1 cm³/mol. The number of aliphatic carboxylic acids is 2. The number of nitrogens with zero attached hydrogens (tertiary/aromatic N) is 1. The van der Waals surface area contributed by atoms with Crippen LogP contribution in [-0.2, 0) is 14.4 Å². The Balaban J connectivity index is 4.53. The summed E-state index contributed by atoms with van der Waals surface area (Å²) < 4.78 is 0. The van der Waals surface area contributed by atoms with Crippen LogP contribution in [0.1, 0.15) is 13.3 Å². The monoisotopic (exact) mass is 218 g/mol. The zero-order valence-electron chi connectivity index (χ0n) is 8.34. The highest BCUT2D eigenvalue weighted by Gasteiger charge is 2.23. The van der Waals surface area contributed by atoms with Crippen molar-refractivity contribution in [2.75, 3.05) is 13.1 Å². The first-order valence-corrected chi connectivity index (χ1v) is 4.36. The van der Waals surface area contributed by atoms with Gasteiger partial charge in [0.05, 0.1) is 6.04 Å². The molecular formula is C8H14N2O5. The third kappa shape index (κ3) is 4.96. The lowest BCUT2D eigenvalue weighted by molar-refractivity contribution is -0.149. The van der Waals surface area contributed by atoms with E-state index >= 15 is 0 Å². The van der Waals surface area contributed by atoms with E-state index in [2.05, 4.69) is 0 Å². The first-order valence-electron chi connectivity index (χ1n) is 4.36. The van der Waals surface area contributed by atoms with E-state index in [9.17, 15) is 14.4 Å². The summed E-state index contributed by atoms with van der Waals surface area (Å²) in [6, 6.07) is -0.858. The SMILES string of the molecule is CC[C@@H](N)C(=O)N(CC(=O)O)CC(=O)O. The van der Waals surface area contributed by atoms with Crippen LogP contribution in [0.25, 0.3) is 0 Å². The minimum atomic E-state index is -1.27. The molecule has 0 bridgehead atoms. The normalized spacial score (nSPS) is 11.9. The third-order valence-corrected chi connectivity index (χ3v) is 1.72. The Labute approximate surface area is 86.5 Å². The fourth-order valence-electron chi connectivity index (χ4n) is 0.947. The number of hydrogen-bond acceptors (Lipinski definition) is 4. The molecule has 7 nitrogen and oxygen atoms in total. The molecule has 0 radical (unpaired) electrons. The highest BCUT2D eigenvalue weighted by molar-refractivity contribution is 5.88. The molecule has 0 saturated carbocycles. The minimum absolute atomic E-state index is 0.328. The van der Waals surface area contributed by atoms with E-state index in [4.69, 9.17) is 15.9 Å². The van der Waals surface area contributed by atoms with Crippen molar-refractivity contribution in [3.8, 4) is 0 Å². The molecule has 0 aliphatic carbocycles. The molecule has 1 atom stereocenters. The lowest BCUT2D eigenvalue weighted by Crippen LogP contribution is -2.47. The van der Waals surface area contributed by atoms with E-state index in [-0.39, 0.29) is 0 Å². The highest BCUT2D eigenvalue weighted by Crippen LogP contribution is 1.97. The maximum absolute atomic E-state index is 11.4. The van der Waals surface area contributed by atoms with Crippen molar-refractivity contribution in [1.29, 1.82) is 0 Å². The first kappa shape index (κ1) is 13.4. The quantitative estimate of drug-likeness (QED) is 0.510. The van der Waals surface area contributed by atoms with Crippen LogP contribution in [0.2, 0.25) is 0 Å². The molecule has 0 spiro atoms. The Hall–Kier alpha value is -1.63. The fourth-order valence-corrected chi connectivity index (χ4v) is 0.947.